The zero-order valence-electron chi connectivity index (χ0n) is 16.2. The lowest BCUT2D eigenvalue weighted by molar-refractivity contribution is 0.237. The highest BCUT2D eigenvalue weighted by Crippen LogP contribution is 2.25. The molecule has 2 aliphatic heterocycles. The molecule has 1 aromatic carbocycles. The number of aromatic nitrogens is 2. The summed E-state index contributed by atoms with van der Waals surface area (Å²) in [7, 11) is 1.71. The van der Waals surface area contributed by atoms with Crippen molar-refractivity contribution in [3.05, 3.63) is 51.4 Å². The number of methoxy groups -OCH3 is 1. The molecule has 1 aromatic heterocycles. The molecule has 1 atom stereocenters. The Hall–Kier alpha value is -2.34. The molecular weight excluding hydrogens is 340 g/mol. The fraction of sp³-hybridized carbons (Fsp3) is 0.524. The molecule has 0 saturated carbocycles. The lowest BCUT2D eigenvalue weighted by atomic mass is 10.0. The van der Waals surface area contributed by atoms with E-state index in [-0.39, 0.29) is 5.56 Å². The van der Waals surface area contributed by atoms with Gasteiger partial charge in [0.05, 0.1) is 12.8 Å². The van der Waals surface area contributed by atoms with Gasteiger partial charge in [0.2, 0.25) is 5.95 Å². The quantitative estimate of drug-likeness (QED) is 0.899. The van der Waals surface area contributed by atoms with Crippen molar-refractivity contribution in [1.29, 1.82) is 0 Å². The molecule has 6 heteroatoms. The van der Waals surface area contributed by atoms with E-state index in [1.54, 1.807) is 7.11 Å². The molecule has 0 radical (unpaired) electrons. The van der Waals surface area contributed by atoms with E-state index in [9.17, 15) is 4.79 Å². The Morgan fingerprint density at radius 1 is 1.26 bits per heavy atom. The molecule has 4 rings (SSSR count). The summed E-state index contributed by atoms with van der Waals surface area (Å²) in [5.74, 6) is 1.65. The fourth-order valence-corrected chi connectivity index (χ4v) is 4.24. The second-order valence-corrected chi connectivity index (χ2v) is 7.63. The number of ether oxygens (including phenoxy) is 1. The van der Waals surface area contributed by atoms with Gasteiger partial charge in [0, 0.05) is 43.3 Å². The molecule has 0 amide bonds. The van der Waals surface area contributed by atoms with E-state index in [2.05, 4.69) is 27.8 Å². The molecule has 0 spiro atoms. The molecule has 6 nitrogen and oxygen atoms in total. The fourth-order valence-electron chi connectivity index (χ4n) is 4.24. The van der Waals surface area contributed by atoms with Gasteiger partial charge < -0.3 is 9.64 Å². The predicted octanol–water partition coefficient (Wildman–Crippen LogP) is 2.72. The van der Waals surface area contributed by atoms with Gasteiger partial charge in [0.1, 0.15) is 5.75 Å². The zero-order chi connectivity index (χ0) is 18.8. The molecular formula is C21H28N4O2. The molecule has 144 valence electrons. The average Bonchev–Trinajstić information content (AvgIpc) is 2.68. The molecule has 2 aliphatic rings. The number of H-pyrrole nitrogens is 1. The van der Waals surface area contributed by atoms with E-state index in [0.29, 0.717) is 12.6 Å². The number of benzene rings is 1. The van der Waals surface area contributed by atoms with Crippen LogP contribution >= 0.6 is 0 Å². The first-order valence-electron chi connectivity index (χ1n) is 9.88. The van der Waals surface area contributed by atoms with Gasteiger partial charge in [-0.2, -0.15) is 0 Å². The van der Waals surface area contributed by atoms with E-state index in [0.717, 1.165) is 67.4 Å². The minimum atomic E-state index is 0.0321. The van der Waals surface area contributed by atoms with Crippen molar-refractivity contribution in [2.75, 3.05) is 25.1 Å². The Morgan fingerprint density at radius 2 is 2.11 bits per heavy atom. The minimum Gasteiger partial charge on any atom is -0.496 e. The number of fused-ring (bicyclic) bond motifs is 1. The second kappa shape index (κ2) is 7.72. The number of para-hydroxylation sites is 1. The summed E-state index contributed by atoms with van der Waals surface area (Å²) in [5.41, 5.74) is 2.97. The average molecular weight is 368 g/mol. The Kier molecular flexibility index (Phi) is 5.16. The van der Waals surface area contributed by atoms with E-state index in [4.69, 9.17) is 9.72 Å². The lowest BCUT2D eigenvalue weighted by Crippen LogP contribution is -2.41. The summed E-state index contributed by atoms with van der Waals surface area (Å²) in [6.45, 7) is 5.54. The van der Waals surface area contributed by atoms with E-state index in [1.165, 1.54) is 6.42 Å². The molecule has 1 fully saturated rings. The predicted molar refractivity (Wildman–Crippen MR) is 106 cm³/mol. The summed E-state index contributed by atoms with van der Waals surface area (Å²) < 4.78 is 5.48. The molecule has 0 bridgehead atoms. The van der Waals surface area contributed by atoms with Crippen molar-refractivity contribution < 1.29 is 4.74 Å². The second-order valence-electron chi connectivity index (χ2n) is 7.63. The topological polar surface area (TPSA) is 61.5 Å². The van der Waals surface area contributed by atoms with Gasteiger partial charge in [-0.1, -0.05) is 18.2 Å². The number of nitrogens with one attached hydrogen (secondary N) is 1. The van der Waals surface area contributed by atoms with Crippen LogP contribution in [0.4, 0.5) is 5.95 Å². The molecule has 0 aliphatic carbocycles. The van der Waals surface area contributed by atoms with Gasteiger partial charge in [-0.3, -0.25) is 14.7 Å². The van der Waals surface area contributed by atoms with Crippen LogP contribution in [0.25, 0.3) is 0 Å². The van der Waals surface area contributed by atoms with Gasteiger partial charge in [0.25, 0.3) is 5.56 Å². The molecule has 1 saturated heterocycles. The summed E-state index contributed by atoms with van der Waals surface area (Å²) in [6.07, 6.45) is 4.30. The van der Waals surface area contributed by atoms with Gasteiger partial charge in [-0.05, 0) is 38.7 Å². The Morgan fingerprint density at radius 3 is 2.93 bits per heavy atom. The minimum absolute atomic E-state index is 0.0321. The first kappa shape index (κ1) is 18.0. The number of hydrogen-bond donors (Lipinski definition) is 1. The molecule has 1 unspecified atom stereocenters. The number of anilines is 1. The van der Waals surface area contributed by atoms with Crippen LogP contribution in [0.15, 0.2) is 29.1 Å². The standard InChI is InChI=1S/C21H28N4O2/c1-15-7-5-6-11-25(15)21-22-18-14-24(12-10-17(18)20(26)23-21)13-16-8-3-4-9-19(16)27-2/h3-4,8-9,15H,5-7,10-14H2,1-2H3,(H,22,23,26). The maximum atomic E-state index is 12.6. The third kappa shape index (κ3) is 3.72. The Balaban J connectivity index is 1.57. The van der Waals surface area contributed by atoms with Crippen LogP contribution < -0.4 is 15.2 Å². The van der Waals surface area contributed by atoms with Gasteiger partial charge >= 0.3 is 0 Å². The highest BCUT2D eigenvalue weighted by molar-refractivity contribution is 5.37. The highest BCUT2D eigenvalue weighted by Gasteiger charge is 2.25. The lowest BCUT2D eigenvalue weighted by Gasteiger charge is -2.35. The number of nitrogens with zero attached hydrogens (tertiary/aromatic N) is 3. The third-order valence-corrected chi connectivity index (χ3v) is 5.80. The van der Waals surface area contributed by atoms with Crippen molar-refractivity contribution in [3.63, 3.8) is 0 Å². The SMILES string of the molecule is COc1ccccc1CN1CCc2c(nc(N3CCCCC3C)[nH]c2=O)C1. The van der Waals surface area contributed by atoms with Crippen LogP contribution in [0.5, 0.6) is 5.75 Å². The van der Waals surface area contributed by atoms with Crippen LogP contribution in [0.3, 0.4) is 0 Å². The van der Waals surface area contributed by atoms with Crippen molar-refractivity contribution in [2.24, 2.45) is 0 Å². The van der Waals surface area contributed by atoms with E-state index < -0.39 is 0 Å². The highest BCUT2D eigenvalue weighted by atomic mass is 16.5. The summed E-state index contributed by atoms with van der Waals surface area (Å²) in [5, 5.41) is 0. The first-order chi connectivity index (χ1) is 13.2. The number of aromatic amines is 1. The summed E-state index contributed by atoms with van der Waals surface area (Å²) >= 11 is 0. The third-order valence-electron chi connectivity index (χ3n) is 5.80. The van der Waals surface area contributed by atoms with Crippen LogP contribution in [-0.4, -0.2) is 41.1 Å². The number of hydrogen-bond acceptors (Lipinski definition) is 5. The van der Waals surface area contributed by atoms with Gasteiger partial charge in [-0.25, -0.2) is 4.98 Å². The molecule has 1 N–H and O–H groups in total. The zero-order valence-corrected chi connectivity index (χ0v) is 16.2. The number of piperidine rings is 1. The largest absolute Gasteiger partial charge is 0.496 e. The van der Waals surface area contributed by atoms with Gasteiger partial charge in [-0.15, -0.1) is 0 Å². The summed E-state index contributed by atoms with van der Waals surface area (Å²) in [6, 6.07) is 8.54. The van der Waals surface area contributed by atoms with Crippen molar-refractivity contribution in [2.45, 2.75) is 51.7 Å². The maximum Gasteiger partial charge on any atom is 0.255 e. The Labute approximate surface area is 160 Å². The monoisotopic (exact) mass is 368 g/mol. The Bertz CT molecular complexity index is 864. The normalized spacial score (nSPS) is 20.4. The maximum absolute atomic E-state index is 12.6. The number of rotatable bonds is 4. The first-order valence-corrected chi connectivity index (χ1v) is 9.88. The molecule has 27 heavy (non-hydrogen) atoms. The molecule has 3 heterocycles. The van der Waals surface area contributed by atoms with Crippen LogP contribution in [0.2, 0.25) is 0 Å². The van der Waals surface area contributed by atoms with Gasteiger partial charge in [0.15, 0.2) is 0 Å². The summed E-state index contributed by atoms with van der Waals surface area (Å²) in [4.78, 5) is 25.2. The van der Waals surface area contributed by atoms with Crippen LogP contribution in [-0.2, 0) is 19.5 Å². The van der Waals surface area contributed by atoms with Crippen LogP contribution in [0.1, 0.15) is 43.0 Å². The van der Waals surface area contributed by atoms with E-state index in [1.807, 2.05) is 18.2 Å². The van der Waals surface area contributed by atoms with Crippen molar-refractivity contribution in [1.82, 2.24) is 14.9 Å². The van der Waals surface area contributed by atoms with Crippen molar-refractivity contribution >= 4 is 5.95 Å². The molecule has 2 aromatic rings. The van der Waals surface area contributed by atoms with Crippen molar-refractivity contribution in [3.8, 4) is 5.75 Å². The van der Waals surface area contributed by atoms with E-state index >= 15 is 0 Å². The van der Waals surface area contributed by atoms with Crippen LogP contribution in [0, 0.1) is 0 Å². The smallest absolute Gasteiger partial charge is 0.255 e.